The number of nitrogens with one attached hydrogen (secondary N) is 1. The number of rotatable bonds is 3. The molecule has 1 N–H and O–H groups in total. The molecule has 0 bridgehead atoms. The lowest BCUT2D eigenvalue weighted by molar-refractivity contribution is -0.110. The Morgan fingerprint density at radius 1 is 1.44 bits per heavy atom. The average molecular weight is 256 g/mol. The van der Waals surface area contributed by atoms with Gasteiger partial charge in [0.15, 0.2) is 5.78 Å². The highest BCUT2D eigenvalue weighted by Gasteiger charge is 2.04. The minimum atomic E-state index is -0.407. The zero-order valence-electron chi connectivity index (χ0n) is 8.29. The zero-order chi connectivity index (χ0) is 12.1. The van der Waals surface area contributed by atoms with E-state index in [2.05, 4.69) is 10.5 Å². The summed E-state index contributed by atoms with van der Waals surface area (Å²) in [5, 5.41) is 13.0. The van der Waals surface area contributed by atoms with Crippen molar-refractivity contribution < 1.29 is 4.79 Å². The fourth-order valence-corrected chi connectivity index (χ4v) is 1.17. The number of Topliss-reactive ketones (excluding diaryl/α,β-unsaturated/α-hetero) is 1. The molecule has 0 heterocycles. The Balaban J connectivity index is 2.86. The van der Waals surface area contributed by atoms with Gasteiger partial charge in [0.2, 0.25) is 5.71 Å². The first-order chi connectivity index (χ1) is 7.54. The van der Waals surface area contributed by atoms with E-state index < -0.39 is 5.78 Å². The number of carbonyl (C=O) groups is 1. The van der Waals surface area contributed by atoms with Gasteiger partial charge < -0.3 is 0 Å². The fourth-order valence-electron chi connectivity index (χ4n) is 0.869. The number of hydrogen-bond donors (Lipinski definition) is 1. The van der Waals surface area contributed by atoms with Gasteiger partial charge in [0, 0.05) is 6.92 Å². The van der Waals surface area contributed by atoms with Gasteiger partial charge in [0.25, 0.3) is 0 Å². The molecule has 0 radical (unpaired) electrons. The molecule has 6 heteroatoms. The predicted octanol–water partition coefficient (Wildman–Crippen LogP) is 2.87. The van der Waals surface area contributed by atoms with Crippen LogP contribution in [0.5, 0.6) is 0 Å². The number of benzene rings is 1. The second kappa shape index (κ2) is 5.50. The van der Waals surface area contributed by atoms with Crippen molar-refractivity contribution in [2.24, 2.45) is 5.10 Å². The SMILES string of the molecule is CC(=O)C(C#N)=NNc1ccc(Cl)c(Cl)c1. The Morgan fingerprint density at radius 2 is 2.12 bits per heavy atom. The van der Waals surface area contributed by atoms with Gasteiger partial charge in [0.1, 0.15) is 6.07 Å². The van der Waals surface area contributed by atoms with Gasteiger partial charge >= 0.3 is 0 Å². The Bertz CT molecular complexity index is 491. The van der Waals surface area contributed by atoms with Crippen LogP contribution in [-0.2, 0) is 4.79 Å². The molecule has 0 aromatic heterocycles. The van der Waals surface area contributed by atoms with Crippen LogP contribution in [0.2, 0.25) is 10.0 Å². The highest BCUT2D eigenvalue weighted by molar-refractivity contribution is 6.45. The summed E-state index contributed by atoms with van der Waals surface area (Å²) in [5.41, 5.74) is 2.89. The summed E-state index contributed by atoms with van der Waals surface area (Å²) in [7, 11) is 0. The number of ketones is 1. The standard InChI is InChI=1S/C10H7Cl2N3O/c1-6(16)10(5-13)15-14-7-2-3-8(11)9(12)4-7/h2-4,14H,1H3. The minimum Gasteiger partial charge on any atom is -0.292 e. The molecule has 0 saturated carbocycles. The smallest absolute Gasteiger partial charge is 0.203 e. The largest absolute Gasteiger partial charge is 0.292 e. The van der Waals surface area contributed by atoms with Gasteiger partial charge in [-0.25, -0.2) is 0 Å². The number of anilines is 1. The number of carbonyl (C=O) groups excluding carboxylic acids is 1. The topological polar surface area (TPSA) is 65.2 Å². The Hall–Kier alpha value is -1.57. The molecule has 1 rings (SSSR count). The number of hydrazone groups is 1. The maximum Gasteiger partial charge on any atom is 0.203 e. The summed E-state index contributed by atoms with van der Waals surface area (Å²) in [5.74, 6) is -0.407. The summed E-state index contributed by atoms with van der Waals surface area (Å²) >= 11 is 11.5. The molecular formula is C10H7Cl2N3O. The van der Waals surface area contributed by atoms with E-state index in [4.69, 9.17) is 28.5 Å². The van der Waals surface area contributed by atoms with Crippen LogP contribution < -0.4 is 5.43 Å². The van der Waals surface area contributed by atoms with Crippen LogP contribution in [0.4, 0.5) is 5.69 Å². The molecule has 0 amide bonds. The minimum absolute atomic E-state index is 0.203. The molecule has 0 spiro atoms. The van der Waals surface area contributed by atoms with Crippen molar-refractivity contribution in [2.75, 3.05) is 5.43 Å². The second-order valence-corrected chi connectivity index (χ2v) is 3.68. The number of nitriles is 1. The lowest BCUT2D eigenvalue weighted by Gasteiger charge is -2.02. The van der Waals surface area contributed by atoms with Gasteiger partial charge in [-0.3, -0.25) is 10.2 Å². The van der Waals surface area contributed by atoms with Crippen molar-refractivity contribution in [1.29, 1.82) is 5.26 Å². The number of hydrogen-bond acceptors (Lipinski definition) is 4. The quantitative estimate of drug-likeness (QED) is 0.667. The maximum atomic E-state index is 10.9. The summed E-state index contributed by atoms with van der Waals surface area (Å²) in [4.78, 5) is 10.9. The van der Waals surface area contributed by atoms with Crippen molar-refractivity contribution in [2.45, 2.75) is 6.92 Å². The molecule has 0 aliphatic rings. The van der Waals surface area contributed by atoms with Crippen LogP contribution in [0.25, 0.3) is 0 Å². The predicted molar refractivity (Wildman–Crippen MR) is 63.8 cm³/mol. The highest BCUT2D eigenvalue weighted by Crippen LogP contribution is 2.24. The Labute approximate surface area is 102 Å². The third-order valence-corrected chi connectivity index (χ3v) is 2.39. The number of nitrogens with zero attached hydrogens (tertiary/aromatic N) is 2. The molecule has 1 aromatic rings. The molecule has 0 aliphatic carbocycles. The molecule has 0 unspecified atom stereocenters. The summed E-state index contributed by atoms with van der Waals surface area (Å²) in [6.45, 7) is 1.26. The third kappa shape index (κ3) is 3.23. The molecule has 0 saturated heterocycles. The van der Waals surface area contributed by atoms with Crippen molar-refractivity contribution in [3.8, 4) is 6.07 Å². The first-order valence-electron chi connectivity index (χ1n) is 4.24. The maximum absolute atomic E-state index is 10.9. The van der Waals surface area contributed by atoms with E-state index in [1.54, 1.807) is 24.3 Å². The summed E-state index contributed by atoms with van der Waals surface area (Å²) in [6.07, 6.45) is 0. The van der Waals surface area contributed by atoms with E-state index in [0.717, 1.165) is 0 Å². The van der Waals surface area contributed by atoms with E-state index in [1.807, 2.05) is 0 Å². The lowest BCUT2D eigenvalue weighted by atomic mass is 10.3. The third-order valence-electron chi connectivity index (χ3n) is 1.66. The van der Waals surface area contributed by atoms with Crippen LogP contribution in [0.3, 0.4) is 0 Å². The van der Waals surface area contributed by atoms with Crippen LogP contribution in [-0.4, -0.2) is 11.5 Å². The van der Waals surface area contributed by atoms with Crippen LogP contribution in [0.15, 0.2) is 23.3 Å². The van der Waals surface area contributed by atoms with Crippen LogP contribution >= 0.6 is 23.2 Å². The molecule has 0 fully saturated rings. The van der Waals surface area contributed by atoms with Gasteiger partial charge in [0.05, 0.1) is 15.7 Å². The highest BCUT2D eigenvalue weighted by atomic mass is 35.5. The van der Waals surface area contributed by atoms with Gasteiger partial charge in [-0.1, -0.05) is 23.2 Å². The van der Waals surface area contributed by atoms with Crippen molar-refractivity contribution >= 4 is 40.4 Å². The van der Waals surface area contributed by atoms with E-state index in [0.29, 0.717) is 15.7 Å². The van der Waals surface area contributed by atoms with Gasteiger partial charge in [-0.15, -0.1) is 0 Å². The lowest BCUT2D eigenvalue weighted by Crippen LogP contribution is -2.09. The molecule has 82 valence electrons. The van der Waals surface area contributed by atoms with Crippen molar-refractivity contribution in [1.82, 2.24) is 0 Å². The Morgan fingerprint density at radius 3 is 2.62 bits per heavy atom. The molecule has 0 atom stereocenters. The molecule has 1 aromatic carbocycles. The van der Waals surface area contributed by atoms with Crippen molar-refractivity contribution in [3.05, 3.63) is 28.2 Å². The van der Waals surface area contributed by atoms with E-state index >= 15 is 0 Å². The first-order valence-corrected chi connectivity index (χ1v) is 5.00. The molecule has 16 heavy (non-hydrogen) atoms. The van der Waals surface area contributed by atoms with E-state index in [1.165, 1.54) is 6.92 Å². The summed E-state index contributed by atoms with van der Waals surface area (Å²) in [6, 6.07) is 6.44. The molecule has 4 nitrogen and oxygen atoms in total. The zero-order valence-corrected chi connectivity index (χ0v) is 9.80. The number of halogens is 2. The first kappa shape index (κ1) is 12.5. The molecule has 0 aliphatic heterocycles. The van der Waals surface area contributed by atoms with Gasteiger partial charge in [-0.05, 0) is 18.2 Å². The van der Waals surface area contributed by atoms with E-state index in [9.17, 15) is 4.79 Å². The molecular weight excluding hydrogens is 249 g/mol. The fraction of sp³-hybridized carbons (Fsp3) is 0.100. The second-order valence-electron chi connectivity index (χ2n) is 2.87. The van der Waals surface area contributed by atoms with Gasteiger partial charge in [-0.2, -0.15) is 10.4 Å². The average Bonchev–Trinajstić information content (AvgIpc) is 2.23. The van der Waals surface area contributed by atoms with Crippen LogP contribution in [0.1, 0.15) is 6.92 Å². The van der Waals surface area contributed by atoms with E-state index in [-0.39, 0.29) is 5.71 Å². The monoisotopic (exact) mass is 255 g/mol. The Kier molecular flexibility index (Phi) is 4.29. The van der Waals surface area contributed by atoms with Crippen LogP contribution in [0, 0.1) is 11.3 Å². The van der Waals surface area contributed by atoms with Crippen molar-refractivity contribution in [3.63, 3.8) is 0 Å². The normalized spacial score (nSPS) is 10.8. The summed E-state index contributed by atoms with van der Waals surface area (Å²) < 4.78 is 0.